The summed E-state index contributed by atoms with van der Waals surface area (Å²) in [6.07, 6.45) is 1.22. The van der Waals surface area contributed by atoms with Gasteiger partial charge in [-0.25, -0.2) is 4.79 Å². The van der Waals surface area contributed by atoms with Crippen LogP contribution in [0.15, 0.2) is 34.9 Å². The number of amides is 1. The van der Waals surface area contributed by atoms with Crippen molar-refractivity contribution in [3.8, 4) is 0 Å². The van der Waals surface area contributed by atoms with Crippen LogP contribution in [0.25, 0.3) is 0 Å². The van der Waals surface area contributed by atoms with Crippen LogP contribution >= 0.6 is 11.6 Å². The number of anilines is 1. The van der Waals surface area contributed by atoms with Crippen molar-refractivity contribution in [2.45, 2.75) is 6.54 Å². The highest BCUT2D eigenvalue weighted by Gasteiger charge is 2.38. The second-order valence-electron chi connectivity index (χ2n) is 4.42. The Labute approximate surface area is 123 Å². The van der Waals surface area contributed by atoms with E-state index in [9.17, 15) is 14.4 Å². The fourth-order valence-electron chi connectivity index (χ4n) is 2.26. The molecule has 6 nitrogen and oxygen atoms in total. The molecule has 0 bridgehead atoms. The molecule has 0 radical (unpaired) electrons. The van der Waals surface area contributed by atoms with E-state index < -0.39 is 17.7 Å². The third kappa shape index (κ3) is 2.00. The molecule has 7 heteroatoms. The molecular formula is C14H8ClNO5. The van der Waals surface area contributed by atoms with Crippen molar-refractivity contribution in [2.75, 3.05) is 4.90 Å². The minimum absolute atomic E-state index is 0.0503. The van der Waals surface area contributed by atoms with E-state index in [4.69, 9.17) is 21.1 Å². The molecule has 0 atom stereocenters. The lowest BCUT2D eigenvalue weighted by Crippen LogP contribution is -2.29. The summed E-state index contributed by atoms with van der Waals surface area (Å²) in [5.74, 6) is -2.54. The van der Waals surface area contributed by atoms with Gasteiger partial charge in [0.05, 0.1) is 29.1 Å². The molecule has 21 heavy (non-hydrogen) atoms. The van der Waals surface area contributed by atoms with Crippen molar-refractivity contribution in [1.82, 2.24) is 0 Å². The monoisotopic (exact) mass is 305 g/mol. The number of Topliss-reactive ketones (excluding diaryl/α,β-unsaturated/α-hetero) is 1. The first-order valence-corrected chi connectivity index (χ1v) is 6.33. The number of benzene rings is 1. The minimum Gasteiger partial charge on any atom is -0.478 e. The van der Waals surface area contributed by atoms with Crippen molar-refractivity contribution in [1.29, 1.82) is 0 Å². The maximum absolute atomic E-state index is 12.1. The molecule has 1 aromatic carbocycles. The van der Waals surface area contributed by atoms with Gasteiger partial charge in [0.1, 0.15) is 11.3 Å². The Morgan fingerprint density at radius 3 is 2.76 bits per heavy atom. The fourth-order valence-corrected chi connectivity index (χ4v) is 2.51. The van der Waals surface area contributed by atoms with Gasteiger partial charge in [-0.2, -0.15) is 0 Å². The topological polar surface area (TPSA) is 87.8 Å². The number of aromatic carboxylic acids is 1. The number of ketones is 1. The molecule has 1 aliphatic rings. The van der Waals surface area contributed by atoms with Gasteiger partial charge in [0.25, 0.3) is 11.7 Å². The third-order valence-electron chi connectivity index (χ3n) is 3.23. The van der Waals surface area contributed by atoms with E-state index in [0.29, 0.717) is 5.69 Å². The van der Waals surface area contributed by atoms with Crippen molar-refractivity contribution in [2.24, 2.45) is 0 Å². The number of furan rings is 1. The molecule has 0 saturated heterocycles. The van der Waals surface area contributed by atoms with E-state index >= 15 is 0 Å². The van der Waals surface area contributed by atoms with Crippen LogP contribution < -0.4 is 4.90 Å². The van der Waals surface area contributed by atoms with Crippen molar-refractivity contribution in [3.05, 3.63) is 52.4 Å². The van der Waals surface area contributed by atoms with E-state index in [1.165, 1.54) is 18.4 Å². The molecule has 1 aromatic heterocycles. The van der Waals surface area contributed by atoms with Gasteiger partial charge < -0.3 is 9.52 Å². The first-order chi connectivity index (χ1) is 10.0. The average molecular weight is 306 g/mol. The van der Waals surface area contributed by atoms with Crippen LogP contribution in [0.5, 0.6) is 0 Å². The number of carbonyl (C=O) groups is 3. The van der Waals surface area contributed by atoms with E-state index in [-0.39, 0.29) is 28.5 Å². The Morgan fingerprint density at radius 2 is 2.05 bits per heavy atom. The smallest absolute Gasteiger partial charge is 0.339 e. The van der Waals surface area contributed by atoms with Crippen LogP contribution in [0.1, 0.15) is 26.5 Å². The SMILES string of the molecule is O=C(O)c1ccoc1CN1C(=O)C(=O)c2c(Cl)cccc21. The summed E-state index contributed by atoms with van der Waals surface area (Å²) in [5, 5.41) is 9.22. The normalized spacial score (nSPS) is 13.7. The first-order valence-electron chi connectivity index (χ1n) is 5.95. The number of rotatable bonds is 3. The molecule has 0 aliphatic carbocycles. The lowest BCUT2D eigenvalue weighted by atomic mass is 10.1. The zero-order valence-electron chi connectivity index (χ0n) is 10.5. The summed E-state index contributed by atoms with van der Waals surface area (Å²) in [6.45, 7) is -0.146. The van der Waals surface area contributed by atoms with Gasteiger partial charge in [-0.05, 0) is 18.2 Å². The zero-order valence-corrected chi connectivity index (χ0v) is 11.3. The van der Waals surface area contributed by atoms with Gasteiger partial charge in [-0.15, -0.1) is 0 Å². The molecule has 0 fully saturated rings. The summed E-state index contributed by atoms with van der Waals surface area (Å²) < 4.78 is 5.10. The quantitative estimate of drug-likeness (QED) is 0.879. The molecule has 1 N–H and O–H groups in total. The number of hydrogen-bond donors (Lipinski definition) is 1. The average Bonchev–Trinajstić information content (AvgIpc) is 2.99. The Kier molecular flexibility index (Phi) is 3.03. The number of halogens is 1. The largest absolute Gasteiger partial charge is 0.478 e. The van der Waals surface area contributed by atoms with Gasteiger partial charge in [0.2, 0.25) is 0 Å². The Morgan fingerprint density at radius 1 is 1.29 bits per heavy atom. The number of carboxylic acids is 1. The van der Waals surface area contributed by atoms with Crippen LogP contribution in [0.2, 0.25) is 5.02 Å². The fraction of sp³-hybridized carbons (Fsp3) is 0.0714. The molecule has 106 valence electrons. The van der Waals surface area contributed by atoms with Crippen LogP contribution in [0.4, 0.5) is 5.69 Å². The number of nitrogens with zero attached hydrogens (tertiary/aromatic N) is 1. The van der Waals surface area contributed by atoms with Gasteiger partial charge in [-0.1, -0.05) is 17.7 Å². The van der Waals surface area contributed by atoms with Crippen LogP contribution in [-0.4, -0.2) is 22.8 Å². The van der Waals surface area contributed by atoms with E-state index in [2.05, 4.69) is 0 Å². The second kappa shape index (κ2) is 4.75. The minimum atomic E-state index is -1.16. The molecule has 2 aromatic rings. The summed E-state index contributed by atoms with van der Waals surface area (Å²) in [5.41, 5.74) is 0.434. The standard InChI is InChI=1S/C14H8ClNO5/c15-8-2-1-3-9-11(8)12(17)13(18)16(9)6-10-7(14(19)20)4-5-21-10/h1-5H,6H2,(H,19,20). The predicted octanol–water partition coefficient (Wildman–Crippen LogP) is 2.36. The Hall–Kier alpha value is -2.60. The van der Waals surface area contributed by atoms with E-state index in [0.717, 1.165) is 4.90 Å². The Bertz CT molecular complexity index is 779. The molecular weight excluding hydrogens is 298 g/mol. The molecule has 0 saturated carbocycles. The zero-order chi connectivity index (χ0) is 15.1. The van der Waals surface area contributed by atoms with Crippen molar-refractivity contribution < 1.29 is 23.9 Å². The molecule has 2 heterocycles. The van der Waals surface area contributed by atoms with E-state index in [1.807, 2.05) is 0 Å². The van der Waals surface area contributed by atoms with Crippen LogP contribution in [0, 0.1) is 0 Å². The molecule has 0 spiro atoms. The highest BCUT2D eigenvalue weighted by Crippen LogP contribution is 2.35. The van der Waals surface area contributed by atoms with Gasteiger partial charge >= 0.3 is 5.97 Å². The maximum atomic E-state index is 12.1. The highest BCUT2D eigenvalue weighted by molar-refractivity contribution is 6.55. The van der Waals surface area contributed by atoms with Crippen LogP contribution in [-0.2, 0) is 11.3 Å². The first kappa shape index (κ1) is 13.4. The van der Waals surface area contributed by atoms with Gasteiger partial charge in [0.15, 0.2) is 0 Å². The van der Waals surface area contributed by atoms with E-state index in [1.54, 1.807) is 12.1 Å². The summed E-state index contributed by atoms with van der Waals surface area (Å²) in [4.78, 5) is 36.2. The van der Waals surface area contributed by atoms with Gasteiger partial charge in [0, 0.05) is 0 Å². The number of fused-ring (bicyclic) bond motifs is 1. The molecule has 0 unspecified atom stereocenters. The number of carboxylic acid groups (broad SMARTS) is 1. The highest BCUT2D eigenvalue weighted by atomic mass is 35.5. The molecule has 1 amide bonds. The lowest BCUT2D eigenvalue weighted by molar-refractivity contribution is -0.114. The third-order valence-corrected chi connectivity index (χ3v) is 3.54. The lowest BCUT2D eigenvalue weighted by Gasteiger charge is -2.15. The second-order valence-corrected chi connectivity index (χ2v) is 4.82. The number of hydrogen-bond acceptors (Lipinski definition) is 4. The van der Waals surface area contributed by atoms with Gasteiger partial charge in [-0.3, -0.25) is 14.5 Å². The summed E-state index contributed by atoms with van der Waals surface area (Å²) in [6, 6.07) is 6.00. The summed E-state index contributed by atoms with van der Waals surface area (Å²) in [7, 11) is 0. The van der Waals surface area contributed by atoms with Crippen molar-refractivity contribution >= 4 is 34.9 Å². The molecule has 3 rings (SSSR count). The maximum Gasteiger partial charge on any atom is 0.339 e. The predicted molar refractivity (Wildman–Crippen MR) is 72.6 cm³/mol. The molecule has 1 aliphatic heterocycles. The van der Waals surface area contributed by atoms with Crippen LogP contribution in [0.3, 0.4) is 0 Å². The Balaban J connectivity index is 2.03. The van der Waals surface area contributed by atoms with Crippen molar-refractivity contribution in [3.63, 3.8) is 0 Å². The summed E-state index contributed by atoms with van der Waals surface area (Å²) >= 11 is 5.94. The number of carbonyl (C=O) groups excluding carboxylic acids is 2.